The largest absolute Gasteiger partial charge is 0.416 e. The normalized spacial score (nSPS) is 11.4. The monoisotopic (exact) mass is 665 g/mol. The minimum Gasteiger partial charge on any atom is -0.403 e. The van der Waals surface area contributed by atoms with E-state index < -0.39 is 23.7 Å². The summed E-state index contributed by atoms with van der Waals surface area (Å²) in [6.45, 7) is 16.6. The van der Waals surface area contributed by atoms with Gasteiger partial charge in [0.25, 0.3) is 0 Å². The molecule has 0 saturated carbocycles. The number of rotatable bonds is 12. The zero-order valence-electron chi connectivity index (χ0n) is 26.2. The molecular weight excluding hydrogens is 627 g/mol. The standard InChI is InChI=1S/C28H29F4N7.C3H3F3.C2H6/c1-4-6-13-34-16-22(15-33)37-27-35-17-23(19-7-9-20(10-8-19)28(30,31)32)26(39-27)38-25-14-21(11-12-24(25)29)36-18(3)5-2;1-2-3(4,5)6;1-2/h5,7-12,14-17,36H,2-4,6,13,33H2,1H3,(H2,35,37,38,39);2H,1H2;1-2H3/b22-15+,34-16?;;. The van der Waals surface area contributed by atoms with Gasteiger partial charge in [0.15, 0.2) is 0 Å². The van der Waals surface area contributed by atoms with Crippen LogP contribution in [0.4, 0.5) is 53.9 Å². The van der Waals surface area contributed by atoms with E-state index in [1.807, 2.05) is 13.8 Å². The molecular formula is C33H38F7N7. The summed E-state index contributed by atoms with van der Waals surface area (Å²) >= 11 is 0. The van der Waals surface area contributed by atoms with Crippen molar-refractivity contribution < 1.29 is 30.7 Å². The maximum atomic E-state index is 14.8. The number of nitrogens with zero attached hydrogens (tertiary/aromatic N) is 3. The lowest BCUT2D eigenvalue weighted by molar-refractivity contribution is -0.137. The third kappa shape index (κ3) is 14.2. The molecule has 47 heavy (non-hydrogen) atoms. The van der Waals surface area contributed by atoms with E-state index in [9.17, 15) is 30.7 Å². The fourth-order valence-electron chi connectivity index (χ4n) is 3.31. The summed E-state index contributed by atoms with van der Waals surface area (Å²) in [6.07, 6.45) is -1.05. The van der Waals surface area contributed by atoms with Gasteiger partial charge in [-0.25, -0.2) is 9.37 Å². The first kappa shape index (κ1) is 39.9. The summed E-state index contributed by atoms with van der Waals surface area (Å²) in [4.78, 5) is 13.0. The Kier molecular flexibility index (Phi) is 16.5. The molecule has 0 atom stereocenters. The molecule has 3 aromatic rings. The van der Waals surface area contributed by atoms with Crippen LogP contribution in [0, 0.1) is 5.82 Å². The number of halogens is 7. The predicted molar refractivity (Wildman–Crippen MR) is 177 cm³/mol. The minimum atomic E-state index is -4.49. The molecule has 0 aliphatic heterocycles. The van der Waals surface area contributed by atoms with Crippen molar-refractivity contribution in [2.45, 2.75) is 46.0 Å². The average molecular weight is 666 g/mol. The van der Waals surface area contributed by atoms with Crippen LogP contribution >= 0.6 is 0 Å². The Morgan fingerprint density at radius 3 is 2.17 bits per heavy atom. The molecule has 254 valence electrons. The molecule has 0 amide bonds. The van der Waals surface area contributed by atoms with Crippen molar-refractivity contribution in [2.24, 2.45) is 10.7 Å². The number of aliphatic imine (C=N–C) groups is 1. The van der Waals surface area contributed by atoms with E-state index in [1.165, 1.54) is 48.8 Å². The van der Waals surface area contributed by atoms with Gasteiger partial charge in [-0.3, -0.25) is 4.99 Å². The number of hydrogen-bond acceptors (Lipinski definition) is 7. The smallest absolute Gasteiger partial charge is 0.403 e. The summed E-state index contributed by atoms with van der Waals surface area (Å²) in [5.41, 5.74) is 7.17. The maximum absolute atomic E-state index is 14.8. The summed E-state index contributed by atoms with van der Waals surface area (Å²) in [6, 6.07) is 8.79. The summed E-state index contributed by atoms with van der Waals surface area (Å²) < 4.78 is 86.1. The van der Waals surface area contributed by atoms with Crippen LogP contribution in [-0.4, -0.2) is 28.9 Å². The quantitative estimate of drug-likeness (QED) is 0.0505. The second-order valence-corrected chi connectivity index (χ2v) is 9.09. The number of nitrogens with two attached hydrogens (primary N) is 1. The molecule has 0 aliphatic carbocycles. The van der Waals surface area contributed by atoms with Gasteiger partial charge >= 0.3 is 12.4 Å². The highest BCUT2D eigenvalue weighted by Crippen LogP contribution is 2.34. The summed E-state index contributed by atoms with van der Waals surface area (Å²) in [7, 11) is 0. The van der Waals surface area contributed by atoms with Crippen LogP contribution in [0.1, 0.15) is 39.2 Å². The number of hydrogen-bond donors (Lipinski definition) is 4. The lowest BCUT2D eigenvalue weighted by Gasteiger charge is -2.16. The molecule has 7 nitrogen and oxygen atoms in total. The van der Waals surface area contributed by atoms with E-state index in [2.05, 4.69) is 57.6 Å². The fraction of sp³-hybridized carbons (Fsp3) is 0.242. The number of anilines is 4. The topological polar surface area (TPSA) is 100 Å². The van der Waals surface area contributed by atoms with Crippen molar-refractivity contribution in [3.05, 3.63) is 110 Å². The van der Waals surface area contributed by atoms with Gasteiger partial charge in [-0.15, -0.1) is 0 Å². The Morgan fingerprint density at radius 1 is 1.00 bits per heavy atom. The van der Waals surface area contributed by atoms with Crippen LogP contribution < -0.4 is 21.7 Å². The highest BCUT2D eigenvalue weighted by molar-refractivity contribution is 5.83. The number of benzene rings is 2. The fourth-order valence-corrected chi connectivity index (χ4v) is 3.31. The second kappa shape index (κ2) is 19.4. The Hall–Kier alpha value is -5.14. The molecule has 1 heterocycles. The van der Waals surface area contributed by atoms with Gasteiger partial charge in [0, 0.05) is 48.2 Å². The van der Waals surface area contributed by atoms with E-state index in [0.29, 0.717) is 34.8 Å². The molecule has 0 unspecified atom stereocenters. The van der Waals surface area contributed by atoms with Crippen LogP contribution in [-0.2, 0) is 6.18 Å². The van der Waals surface area contributed by atoms with E-state index >= 15 is 0 Å². The Labute approximate surface area is 269 Å². The van der Waals surface area contributed by atoms with Crippen LogP contribution in [0.5, 0.6) is 0 Å². The van der Waals surface area contributed by atoms with Gasteiger partial charge in [-0.05, 0) is 48.4 Å². The van der Waals surface area contributed by atoms with E-state index in [1.54, 1.807) is 6.21 Å². The zero-order chi connectivity index (χ0) is 35.6. The molecule has 0 saturated heterocycles. The van der Waals surface area contributed by atoms with Crippen molar-refractivity contribution in [3.8, 4) is 11.1 Å². The summed E-state index contributed by atoms with van der Waals surface area (Å²) in [5.74, 6) is -0.325. The zero-order valence-corrected chi connectivity index (χ0v) is 26.2. The number of aromatic nitrogens is 2. The van der Waals surface area contributed by atoms with Crippen LogP contribution in [0.25, 0.3) is 11.1 Å². The average Bonchev–Trinajstić information content (AvgIpc) is 3.04. The van der Waals surface area contributed by atoms with Crippen molar-refractivity contribution in [1.29, 1.82) is 0 Å². The van der Waals surface area contributed by atoms with Crippen molar-refractivity contribution in [2.75, 3.05) is 22.5 Å². The molecule has 5 N–H and O–H groups in total. The van der Waals surface area contributed by atoms with Gasteiger partial charge in [-0.1, -0.05) is 59.1 Å². The SMILES string of the molecule is C=CC(=C)Nc1ccc(F)c(Nc2nc(N/C(C=NCCCC)=C/N)ncc2-c2ccc(C(F)(F)F)cc2)c1.C=CC(F)(F)F.CC. The Bertz CT molecular complexity index is 1510. The van der Waals surface area contributed by atoms with Gasteiger partial charge in [0.2, 0.25) is 5.95 Å². The number of nitrogens with one attached hydrogen (secondary N) is 3. The third-order valence-electron chi connectivity index (χ3n) is 5.62. The van der Waals surface area contributed by atoms with Gasteiger partial charge in [0.05, 0.1) is 16.9 Å². The van der Waals surface area contributed by atoms with Crippen LogP contribution in [0.2, 0.25) is 0 Å². The molecule has 1 aromatic heterocycles. The van der Waals surface area contributed by atoms with E-state index in [4.69, 9.17) is 5.73 Å². The molecule has 3 rings (SSSR count). The highest BCUT2D eigenvalue weighted by Gasteiger charge is 2.30. The molecule has 2 aromatic carbocycles. The molecule has 0 spiro atoms. The molecule has 0 aliphatic rings. The lowest BCUT2D eigenvalue weighted by Crippen LogP contribution is -2.09. The van der Waals surface area contributed by atoms with Gasteiger partial charge < -0.3 is 21.7 Å². The number of alkyl halides is 6. The van der Waals surface area contributed by atoms with Gasteiger partial charge in [0.1, 0.15) is 11.6 Å². The van der Waals surface area contributed by atoms with Crippen molar-refractivity contribution in [3.63, 3.8) is 0 Å². The Balaban J connectivity index is 0.00000124. The van der Waals surface area contributed by atoms with Crippen LogP contribution in [0.15, 0.2) is 103 Å². The highest BCUT2D eigenvalue weighted by atomic mass is 19.4. The van der Waals surface area contributed by atoms with Crippen molar-refractivity contribution >= 4 is 29.4 Å². The first-order chi connectivity index (χ1) is 22.2. The van der Waals surface area contributed by atoms with Crippen molar-refractivity contribution in [1.82, 2.24) is 9.97 Å². The molecule has 0 fully saturated rings. The Morgan fingerprint density at radius 2 is 1.64 bits per heavy atom. The molecule has 14 heteroatoms. The first-order valence-electron chi connectivity index (χ1n) is 14.3. The van der Waals surface area contributed by atoms with E-state index in [-0.39, 0.29) is 23.5 Å². The number of allylic oxidation sites excluding steroid dienone is 3. The predicted octanol–water partition coefficient (Wildman–Crippen LogP) is 10.0. The van der Waals surface area contributed by atoms with E-state index in [0.717, 1.165) is 25.0 Å². The third-order valence-corrected chi connectivity index (χ3v) is 5.62. The first-order valence-corrected chi connectivity index (χ1v) is 14.3. The number of unbranched alkanes of at least 4 members (excludes halogenated alkanes) is 1. The van der Waals surface area contributed by atoms with Gasteiger partial charge in [-0.2, -0.15) is 31.3 Å². The maximum Gasteiger partial charge on any atom is 0.416 e. The molecule has 0 radical (unpaired) electrons. The second-order valence-electron chi connectivity index (χ2n) is 9.09. The minimum absolute atomic E-state index is 0.0605. The molecule has 0 bridgehead atoms. The summed E-state index contributed by atoms with van der Waals surface area (Å²) in [5, 5.41) is 8.86. The van der Waals surface area contributed by atoms with Crippen LogP contribution in [0.3, 0.4) is 0 Å². The lowest BCUT2D eigenvalue weighted by atomic mass is 10.1.